The van der Waals surface area contributed by atoms with Crippen LogP contribution in [-0.2, 0) is 0 Å². The van der Waals surface area contributed by atoms with E-state index in [1.165, 1.54) is 0 Å². The van der Waals surface area contributed by atoms with Crippen LogP contribution in [0.3, 0.4) is 0 Å². The van der Waals surface area contributed by atoms with Gasteiger partial charge in [-0.2, -0.15) is 0 Å². The maximum Gasteiger partial charge on any atom is 0.223 e. The van der Waals surface area contributed by atoms with E-state index in [0.717, 1.165) is 0 Å². The molecular formula is C12H19N3OS. The smallest absolute Gasteiger partial charge is 0.223 e. The van der Waals surface area contributed by atoms with Crippen molar-refractivity contribution in [1.82, 2.24) is 9.88 Å². The lowest BCUT2D eigenvalue weighted by Crippen LogP contribution is -2.43. The van der Waals surface area contributed by atoms with Gasteiger partial charge in [0.15, 0.2) is 0 Å². The molecule has 0 radical (unpaired) electrons. The number of nitrogens with zero attached hydrogens (tertiary/aromatic N) is 2. The molecule has 0 saturated heterocycles. The summed E-state index contributed by atoms with van der Waals surface area (Å²) in [4.78, 5) is 6.55. The number of nitrogens with two attached hydrogens (primary N) is 1. The van der Waals surface area contributed by atoms with Crippen molar-refractivity contribution in [3.63, 3.8) is 0 Å². The van der Waals surface area contributed by atoms with Gasteiger partial charge >= 0.3 is 0 Å². The first-order chi connectivity index (χ1) is 7.84. The van der Waals surface area contributed by atoms with Gasteiger partial charge in [-0.3, -0.25) is 0 Å². The number of pyridine rings is 1. The predicted octanol–water partition coefficient (Wildman–Crippen LogP) is 1.43. The van der Waals surface area contributed by atoms with Crippen LogP contribution in [0.4, 0.5) is 0 Å². The quantitative estimate of drug-likeness (QED) is 0.805. The minimum absolute atomic E-state index is 0.0784. The zero-order valence-electron chi connectivity index (χ0n) is 10.7. The van der Waals surface area contributed by atoms with E-state index in [1.54, 1.807) is 12.3 Å². The van der Waals surface area contributed by atoms with Crippen molar-refractivity contribution < 1.29 is 4.74 Å². The largest absolute Gasteiger partial charge is 0.475 e. The molecule has 1 rings (SSSR count). The Balaban J connectivity index is 2.79. The summed E-state index contributed by atoms with van der Waals surface area (Å²) in [6.45, 7) is 4.71. The molecule has 0 spiro atoms. The molecule has 0 aliphatic rings. The normalized spacial score (nSPS) is 11.6. The molecule has 0 fully saturated rings. The Morgan fingerprint density at radius 1 is 1.53 bits per heavy atom. The van der Waals surface area contributed by atoms with E-state index in [1.807, 2.05) is 20.2 Å². The molecule has 0 bridgehead atoms. The van der Waals surface area contributed by atoms with E-state index in [2.05, 4.69) is 23.7 Å². The molecular weight excluding hydrogens is 234 g/mol. The van der Waals surface area contributed by atoms with Gasteiger partial charge in [0.05, 0.1) is 5.56 Å². The minimum atomic E-state index is -0.0784. The summed E-state index contributed by atoms with van der Waals surface area (Å²) >= 11 is 4.96. The second kappa shape index (κ2) is 5.42. The van der Waals surface area contributed by atoms with Gasteiger partial charge in [-0.05, 0) is 40.1 Å². The molecule has 0 aliphatic carbocycles. The summed E-state index contributed by atoms with van der Waals surface area (Å²) < 4.78 is 5.70. The Bertz CT molecular complexity index is 404. The molecule has 94 valence electrons. The van der Waals surface area contributed by atoms with Gasteiger partial charge in [-0.25, -0.2) is 4.98 Å². The number of likely N-dealkylation sites (N-methyl/N-ethyl adjacent to an activating group) is 1. The molecule has 0 unspecified atom stereocenters. The molecule has 0 aromatic carbocycles. The van der Waals surface area contributed by atoms with E-state index >= 15 is 0 Å². The number of ether oxygens (including phenoxy) is 1. The number of hydrogen-bond acceptors (Lipinski definition) is 4. The van der Waals surface area contributed by atoms with Crippen LogP contribution in [0, 0.1) is 0 Å². The van der Waals surface area contributed by atoms with Crippen LogP contribution in [0.5, 0.6) is 5.88 Å². The zero-order valence-corrected chi connectivity index (χ0v) is 11.5. The standard InChI is InChI=1S/C12H19N3OS/c1-12(2,15(3)4)8-16-11-9(10(13)17)6-5-7-14-11/h5-7H,8H2,1-4H3,(H2,13,17). The first kappa shape index (κ1) is 13.9. The van der Waals surface area contributed by atoms with Gasteiger partial charge < -0.3 is 15.4 Å². The fraction of sp³-hybridized carbons (Fsp3) is 0.500. The lowest BCUT2D eigenvalue weighted by atomic mass is 10.1. The number of rotatable bonds is 5. The first-order valence-corrected chi connectivity index (χ1v) is 5.80. The number of aromatic nitrogens is 1. The average molecular weight is 253 g/mol. The Kier molecular flexibility index (Phi) is 4.42. The lowest BCUT2D eigenvalue weighted by molar-refractivity contribution is 0.111. The molecule has 0 aliphatic heterocycles. The molecule has 1 heterocycles. The topological polar surface area (TPSA) is 51.4 Å². The molecule has 17 heavy (non-hydrogen) atoms. The third-order valence-electron chi connectivity index (χ3n) is 2.81. The van der Waals surface area contributed by atoms with E-state index in [9.17, 15) is 0 Å². The molecule has 5 heteroatoms. The van der Waals surface area contributed by atoms with E-state index in [0.29, 0.717) is 23.0 Å². The van der Waals surface area contributed by atoms with Gasteiger partial charge in [0.1, 0.15) is 11.6 Å². The molecule has 0 amide bonds. The average Bonchev–Trinajstić information content (AvgIpc) is 2.26. The van der Waals surface area contributed by atoms with Gasteiger partial charge in [0, 0.05) is 11.7 Å². The van der Waals surface area contributed by atoms with Gasteiger partial charge in [-0.15, -0.1) is 0 Å². The third kappa shape index (κ3) is 3.64. The molecule has 1 aromatic rings. The number of hydrogen-bond donors (Lipinski definition) is 1. The van der Waals surface area contributed by atoms with Crippen molar-refractivity contribution in [2.75, 3.05) is 20.7 Å². The maximum atomic E-state index is 5.70. The van der Waals surface area contributed by atoms with Crippen LogP contribution in [0.25, 0.3) is 0 Å². The SMILES string of the molecule is CN(C)C(C)(C)COc1ncccc1C(N)=S. The van der Waals surface area contributed by atoms with Crippen LogP contribution >= 0.6 is 12.2 Å². The Hall–Kier alpha value is -1.20. The summed E-state index contributed by atoms with van der Waals surface area (Å²) in [6.07, 6.45) is 1.67. The van der Waals surface area contributed by atoms with Crippen LogP contribution < -0.4 is 10.5 Å². The zero-order chi connectivity index (χ0) is 13.1. The Morgan fingerprint density at radius 2 is 2.18 bits per heavy atom. The predicted molar refractivity (Wildman–Crippen MR) is 73.4 cm³/mol. The second-order valence-electron chi connectivity index (χ2n) is 4.72. The van der Waals surface area contributed by atoms with E-state index < -0.39 is 0 Å². The number of thiocarbonyl (C=S) groups is 1. The highest BCUT2D eigenvalue weighted by Crippen LogP contribution is 2.17. The van der Waals surface area contributed by atoms with Crippen molar-refractivity contribution in [1.29, 1.82) is 0 Å². The lowest BCUT2D eigenvalue weighted by Gasteiger charge is -2.32. The summed E-state index contributed by atoms with van der Waals surface area (Å²) in [5, 5.41) is 0. The molecule has 4 nitrogen and oxygen atoms in total. The van der Waals surface area contributed by atoms with Crippen molar-refractivity contribution in [3.05, 3.63) is 23.9 Å². The molecule has 2 N–H and O–H groups in total. The van der Waals surface area contributed by atoms with Crippen molar-refractivity contribution in [3.8, 4) is 5.88 Å². The molecule has 1 aromatic heterocycles. The van der Waals surface area contributed by atoms with Crippen molar-refractivity contribution in [2.24, 2.45) is 5.73 Å². The Labute approximate surface area is 108 Å². The van der Waals surface area contributed by atoms with Crippen LogP contribution in [0.2, 0.25) is 0 Å². The highest BCUT2D eigenvalue weighted by Gasteiger charge is 2.22. The van der Waals surface area contributed by atoms with E-state index in [-0.39, 0.29) is 5.54 Å². The first-order valence-electron chi connectivity index (χ1n) is 5.39. The highest BCUT2D eigenvalue weighted by atomic mass is 32.1. The Morgan fingerprint density at radius 3 is 2.71 bits per heavy atom. The molecule has 0 atom stereocenters. The fourth-order valence-corrected chi connectivity index (χ4v) is 1.22. The van der Waals surface area contributed by atoms with Gasteiger partial charge in [-0.1, -0.05) is 12.2 Å². The highest BCUT2D eigenvalue weighted by molar-refractivity contribution is 7.80. The van der Waals surface area contributed by atoms with Crippen molar-refractivity contribution >= 4 is 17.2 Å². The summed E-state index contributed by atoms with van der Waals surface area (Å²) in [5.74, 6) is 0.495. The third-order valence-corrected chi connectivity index (χ3v) is 3.03. The van der Waals surface area contributed by atoms with Gasteiger partial charge in [0.25, 0.3) is 0 Å². The molecule has 0 saturated carbocycles. The minimum Gasteiger partial charge on any atom is -0.475 e. The monoisotopic (exact) mass is 253 g/mol. The van der Waals surface area contributed by atoms with Crippen LogP contribution in [0.15, 0.2) is 18.3 Å². The van der Waals surface area contributed by atoms with Crippen molar-refractivity contribution in [2.45, 2.75) is 19.4 Å². The summed E-state index contributed by atoms with van der Waals surface area (Å²) in [5.41, 5.74) is 6.21. The van der Waals surface area contributed by atoms with Crippen LogP contribution in [-0.4, -0.2) is 41.1 Å². The maximum absolute atomic E-state index is 5.70. The second-order valence-corrected chi connectivity index (χ2v) is 5.16. The van der Waals surface area contributed by atoms with Gasteiger partial charge in [0.2, 0.25) is 5.88 Å². The summed E-state index contributed by atoms with van der Waals surface area (Å²) in [7, 11) is 4.02. The summed E-state index contributed by atoms with van der Waals surface area (Å²) in [6, 6.07) is 3.60. The van der Waals surface area contributed by atoms with E-state index in [4.69, 9.17) is 22.7 Å². The fourth-order valence-electron chi connectivity index (χ4n) is 1.07. The van der Waals surface area contributed by atoms with Crippen LogP contribution in [0.1, 0.15) is 19.4 Å².